The average Bonchev–Trinajstić information content (AvgIpc) is 2.26. The molecule has 1 heterocycles. The molecule has 0 bridgehead atoms. The fourth-order valence-corrected chi connectivity index (χ4v) is 1.83. The van der Waals surface area contributed by atoms with Gasteiger partial charge in [0.25, 0.3) is 0 Å². The Hall–Kier alpha value is -1.55. The normalized spacial score (nSPS) is 18.9. The van der Waals surface area contributed by atoms with E-state index in [2.05, 4.69) is 0 Å². The van der Waals surface area contributed by atoms with E-state index in [1.54, 1.807) is 4.90 Å². The Balaban J connectivity index is 1.81. The van der Waals surface area contributed by atoms with Gasteiger partial charge in [0.05, 0.1) is 6.61 Å². The topological polar surface area (TPSA) is 38.8 Å². The zero-order valence-electron chi connectivity index (χ0n) is 11.8. The van der Waals surface area contributed by atoms with Crippen LogP contribution in [0.15, 0.2) is 30.3 Å². The van der Waals surface area contributed by atoms with Crippen LogP contribution >= 0.6 is 0 Å². The van der Waals surface area contributed by atoms with Crippen LogP contribution in [0.5, 0.6) is 0 Å². The first-order valence-corrected chi connectivity index (χ1v) is 6.61. The van der Waals surface area contributed by atoms with Gasteiger partial charge in [0.1, 0.15) is 11.8 Å². The highest BCUT2D eigenvalue weighted by Gasteiger charge is 2.35. The summed E-state index contributed by atoms with van der Waals surface area (Å²) in [6, 6.07) is 9.95. The molecule has 1 aromatic carbocycles. The fourth-order valence-electron chi connectivity index (χ4n) is 1.83. The molecule has 2 rings (SSSR count). The van der Waals surface area contributed by atoms with Crippen LogP contribution < -0.4 is 0 Å². The number of nitrogens with zero attached hydrogens (tertiary/aromatic N) is 1. The molecule has 1 aliphatic heterocycles. The van der Waals surface area contributed by atoms with E-state index in [-0.39, 0.29) is 12.3 Å². The van der Waals surface area contributed by atoms with Gasteiger partial charge in [-0.1, -0.05) is 30.3 Å². The van der Waals surface area contributed by atoms with Crippen molar-refractivity contribution < 1.29 is 14.3 Å². The van der Waals surface area contributed by atoms with Crippen molar-refractivity contribution in [2.24, 2.45) is 0 Å². The molecule has 4 heteroatoms. The summed E-state index contributed by atoms with van der Waals surface area (Å²) >= 11 is 0. The monoisotopic (exact) mass is 263 g/mol. The van der Waals surface area contributed by atoms with E-state index in [0.29, 0.717) is 13.2 Å². The molecule has 0 radical (unpaired) electrons. The molecule has 1 atom stereocenters. The first-order valence-electron chi connectivity index (χ1n) is 6.61. The maximum Gasteiger partial charge on any atom is 0.412 e. The molecule has 1 fully saturated rings. The number of rotatable bonds is 3. The average molecular weight is 263 g/mol. The number of likely N-dealkylation sites (tertiary alicyclic amines) is 1. The maximum atomic E-state index is 11.9. The molecule has 1 unspecified atom stereocenters. The lowest BCUT2D eigenvalue weighted by atomic mass is 10.2. The number of benzene rings is 1. The van der Waals surface area contributed by atoms with Crippen molar-refractivity contribution in [2.45, 2.75) is 45.6 Å². The summed E-state index contributed by atoms with van der Waals surface area (Å²) in [5.41, 5.74) is 0.648. The summed E-state index contributed by atoms with van der Waals surface area (Å²) < 4.78 is 11.1. The summed E-state index contributed by atoms with van der Waals surface area (Å²) in [5.74, 6) is 0. The standard InChI is InChI=1S/C15H21NO3/c1-15(2,3)19-14(17)16-10-9-13(16)18-11-12-7-5-4-6-8-12/h4-8,13H,9-11H2,1-3H3. The number of hydrogen-bond donors (Lipinski definition) is 0. The summed E-state index contributed by atoms with van der Waals surface area (Å²) in [4.78, 5) is 13.5. The zero-order chi connectivity index (χ0) is 13.9. The molecule has 1 aliphatic rings. The highest BCUT2D eigenvalue weighted by atomic mass is 16.6. The Labute approximate surface area is 114 Å². The minimum atomic E-state index is -0.462. The molecular weight excluding hydrogens is 242 g/mol. The van der Waals surface area contributed by atoms with Crippen molar-refractivity contribution >= 4 is 6.09 Å². The van der Waals surface area contributed by atoms with Gasteiger partial charge < -0.3 is 9.47 Å². The minimum Gasteiger partial charge on any atom is -0.444 e. The van der Waals surface area contributed by atoms with Gasteiger partial charge >= 0.3 is 6.09 Å². The molecule has 0 spiro atoms. The van der Waals surface area contributed by atoms with Crippen molar-refractivity contribution in [3.05, 3.63) is 35.9 Å². The van der Waals surface area contributed by atoms with Crippen LogP contribution in [0.1, 0.15) is 32.8 Å². The van der Waals surface area contributed by atoms with Crippen LogP contribution in [-0.2, 0) is 16.1 Å². The predicted octanol–water partition coefficient (Wildman–Crippen LogP) is 3.17. The van der Waals surface area contributed by atoms with Crippen molar-refractivity contribution in [3.8, 4) is 0 Å². The highest BCUT2D eigenvalue weighted by Crippen LogP contribution is 2.23. The van der Waals surface area contributed by atoms with Crippen molar-refractivity contribution in [1.29, 1.82) is 0 Å². The maximum absolute atomic E-state index is 11.9. The molecule has 0 aliphatic carbocycles. The van der Waals surface area contributed by atoms with Crippen LogP contribution in [-0.4, -0.2) is 29.4 Å². The number of carbonyl (C=O) groups is 1. The summed E-state index contributed by atoms with van der Waals surface area (Å²) in [5, 5.41) is 0. The lowest BCUT2D eigenvalue weighted by Crippen LogP contribution is -2.53. The first kappa shape index (κ1) is 13.9. The second-order valence-electron chi connectivity index (χ2n) is 5.71. The molecular formula is C15H21NO3. The third-order valence-electron chi connectivity index (χ3n) is 2.88. The SMILES string of the molecule is CC(C)(C)OC(=O)N1CCC1OCc1ccccc1. The highest BCUT2D eigenvalue weighted by molar-refractivity contribution is 5.69. The van der Waals surface area contributed by atoms with Gasteiger partial charge in [-0.3, -0.25) is 4.90 Å². The van der Waals surface area contributed by atoms with E-state index in [4.69, 9.17) is 9.47 Å². The second-order valence-corrected chi connectivity index (χ2v) is 5.71. The number of ether oxygens (including phenoxy) is 2. The van der Waals surface area contributed by atoms with Crippen LogP contribution in [0.4, 0.5) is 4.79 Å². The largest absolute Gasteiger partial charge is 0.444 e. The van der Waals surface area contributed by atoms with Crippen molar-refractivity contribution in [2.75, 3.05) is 6.54 Å². The quantitative estimate of drug-likeness (QED) is 0.840. The lowest BCUT2D eigenvalue weighted by molar-refractivity contribution is -0.124. The Kier molecular flexibility index (Phi) is 4.10. The van der Waals surface area contributed by atoms with Gasteiger partial charge in [-0.15, -0.1) is 0 Å². The molecule has 104 valence electrons. The molecule has 0 aromatic heterocycles. The van der Waals surface area contributed by atoms with Crippen LogP contribution in [0.3, 0.4) is 0 Å². The molecule has 1 amide bonds. The smallest absolute Gasteiger partial charge is 0.412 e. The van der Waals surface area contributed by atoms with Crippen molar-refractivity contribution in [1.82, 2.24) is 4.90 Å². The Bertz CT molecular complexity index is 425. The molecule has 4 nitrogen and oxygen atoms in total. The van der Waals surface area contributed by atoms with E-state index in [9.17, 15) is 4.79 Å². The van der Waals surface area contributed by atoms with Crippen LogP contribution in [0, 0.1) is 0 Å². The molecule has 0 saturated carbocycles. The van der Waals surface area contributed by atoms with E-state index < -0.39 is 5.60 Å². The van der Waals surface area contributed by atoms with E-state index >= 15 is 0 Å². The van der Waals surface area contributed by atoms with Crippen molar-refractivity contribution in [3.63, 3.8) is 0 Å². The molecule has 1 aromatic rings. The molecule has 1 saturated heterocycles. The molecule has 19 heavy (non-hydrogen) atoms. The fraction of sp³-hybridized carbons (Fsp3) is 0.533. The number of carbonyl (C=O) groups excluding carboxylic acids is 1. The number of amides is 1. The first-order chi connectivity index (χ1) is 8.96. The van der Waals surface area contributed by atoms with E-state index in [0.717, 1.165) is 12.0 Å². The zero-order valence-corrected chi connectivity index (χ0v) is 11.8. The van der Waals surface area contributed by atoms with Crippen LogP contribution in [0.2, 0.25) is 0 Å². The second kappa shape index (κ2) is 5.61. The molecule has 0 N–H and O–H groups in total. The van der Waals surface area contributed by atoms with E-state index in [1.165, 1.54) is 0 Å². The third-order valence-corrected chi connectivity index (χ3v) is 2.88. The number of hydrogen-bond acceptors (Lipinski definition) is 3. The Morgan fingerprint density at radius 2 is 2.00 bits per heavy atom. The Morgan fingerprint density at radius 3 is 2.53 bits per heavy atom. The minimum absolute atomic E-state index is 0.157. The van der Waals surface area contributed by atoms with Gasteiger partial charge in [0, 0.05) is 13.0 Å². The van der Waals surface area contributed by atoms with Gasteiger partial charge in [0.15, 0.2) is 0 Å². The third kappa shape index (κ3) is 3.96. The van der Waals surface area contributed by atoms with Gasteiger partial charge in [-0.05, 0) is 26.3 Å². The predicted molar refractivity (Wildman–Crippen MR) is 72.6 cm³/mol. The summed E-state index contributed by atoms with van der Waals surface area (Å²) in [7, 11) is 0. The summed E-state index contributed by atoms with van der Waals surface area (Å²) in [6.45, 7) is 6.82. The lowest BCUT2D eigenvalue weighted by Gasteiger charge is -2.40. The van der Waals surface area contributed by atoms with E-state index in [1.807, 2.05) is 51.1 Å². The summed E-state index contributed by atoms with van der Waals surface area (Å²) in [6.07, 6.45) is 0.415. The van der Waals surface area contributed by atoms with Gasteiger partial charge in [0.2, 0.25) is 0 Å². The van der Waals surface area contributed by atoms with Crippen LogP contribution in [0.25, 0.3) is 0 Å². The Morgan fingerprint density at radius 1 is 1.32 bits per heavy atom. The van der Waals surface area contributed by atoms with Gasteiger partial charge in [-0.2, -0.15) is 0 Å². The van der Waals surface area contributed by atoms with Gasteiger partial charge in [-0.25, -0.2) is 4.79 Å².